The van der Waals surface area contributed by atoms with Gasteiger partial charge in [0.15, 0.2) is 0 Å². The predicted molar refractivity (Wildman–Crippen MR) is 107 cm³/mol. The van der Waals surface area contributed by atoms with E-state index in [-0.39, 0.29) is 12.6 Å². The fourth-order valence-corrected chi connectivity index (χ4v) is 3.79. The van der Waals surface area contributed by atoms with Crippen molar-refractivity contribution in [3.05, 3.63) is 53.3 Å². The van der Waals surface area contributed by atoms with Gasteiger partial charge in [0.25, 0.3) is 0 Å². The Morgan fingerprint density at radius 3 is 2.89 bits per heavy atom. The first-order valence-electron chi connectivity index (χ1n) is 10.0. The summed E-state index contributed by atoms with van der Waals surface area (Å²) < 4.78 is 5.10. The average molecular weight is 386 g/mol. The summed E-state index contributed by atoms with van der Waals surface area (Å²) in [6.07, 6.45) is 3.47. The number of aromatic nitrogens is 2. The van der Waals surface area contributed by atoms with Crippen LogP contribution in [0.3, 0.4) is 0 Å². The van der Waals surface area contributed by atoms with Gasteiger partial charge in [0.2, 0.25) is 0 Å². The predicted octanol–water partition coefficient (Wildman–Crippen LogP) is 1.70. The second-order valence-electron chi connectivity index (χ2n) is 7.16. The minimum absolute atomic E-state index is 0.181. The summed E-state index contributed by atoms with van der Waals surface area (Å²) in [4.78, 5) is 16.9. The highest BCUT2D eigenvalue weighted by Crippen LogP contribution is 2.18. The summed E-state index contributed by atoms with van der Waals surface area (Å²) >= 11 is 0. The van der Waals surface area contributed by atoms with Crippen molar-refractivity contribution in [3.8, 4) is 0 Å². The van der Waals surface area contributed by atoms with Crippen LogP contribution in [0.15, 0.2) is 36.5 Å². The van der Waals surface area contributed by atoms with E-state index in [9.17, 15) is 9.90 Å². The fourth-order valence-electron chi connectivity index (χ4n) is 3.79. The van der Waals surface area contributed by atoms with Crippen LogP contribution in [0.25, 0.3) is 0 Å². The Labute approximate surface area is 166 Å². The normalized spacial score (nSPS) is 18.3. The van der Waals surface area contributed by atoms with Gasteiger partial charge < -0.3 is 9.84 Å². The lowest BCUT2D eigenvalue weighted by molar-refractivity contribution is 0.0500. The number of carbonyl (C=O) groups excluding carboxylic acids is 1. The number of piperazine rings is 1. The molecule has 152 valence electrons. The van der Waals surface area contributed by atoms with Crippen molar-refractivity contribution in [2.24, 2.45) is 0 Å². The maximum absolute atomic E-state index is 12.1. The largest absolute Gasteiger partial charge is 0.461 e. The third-order valence-corrected chi connectivity index (χ3v) is 5.27. The molecule has 0 aliphatic carbocycles. The molecule has 7 heteroatoms. The van der Waals surface area contributed by atoms with Gasteiger partial charge in [-0.3, -0.25) is 14.9 Å². The highest BCUT2D eigenvalue weighted by Gasteiger charge is 2.27. The monoisotopic (exact) mass is 386 g/mol. The Balaban J connectivity index is 1.58. The van der Waals surface area contributed by atoms with Crippen LogP contribution < -0.4 is 0 Å². The van der Waals surface area contributed by atoms with Crippen LogP contribution in [-0.2, 0) is 17.7 Å². The van der Waals surface area contributed by atoms with Crippen LogP contribution in [-0.4, -0.2) is 76.5 Å². The third-order valence-electron chi connectivity index (χ3n) is 5.27. The molecule has 1 fully saturated rings. The first-order valence-corrected chi connectivity index (χ1v) is 10.0. The van der Waals surface area contributed by atoms with Gasteiger partial charge in [0.1, 0.15) is 5.69 Å². The van der Waals surface area contributed by atoms with Gasteiger partial charge in [-0.1, -0.05) is 30.3 Å². The van der Waals surface area contributed by atoms with Gasteiger partial charge in [0.05, 0.1) is 12.8 Å². The number of carbonyl (C=O) groups is 1. The number of benzene rings is 1. The Kier molecular flexibility index (Phi) is 7.59. The molecule has 0 spiro atoms. The molecule has 1 aromatic carbocycles. The molecule has 0 bridgehead atoms. The van der Waals surface area contributed by atoms with Crippen molar-refractivity contribution < 1.29 is 14.6 Å². The van der Waals surface area contributed by atoms with Gasteiger partial charge in [-0.2, -0.15) is 5.10 Å². The molecular formula is C21H30N4O3. The quantitative estimate of drug-likeness (QED) is 0.639. The van der Waals surface area contributed by atoms with Gasteiger partial charge in [0, 0.05) is 50.9 Å². The Hall–Kier alpha value is -2.22. The van der Waals surface area contributed by atoms with E-state index in [4.69, 9.17) is 4.74 Å². The first kappa shape index (κ1) is 20.5. The van der Waals surface area contributed by atoms with E-state index in [0.717, 1.165) is 44.6 Å². The second kappa shape index (κ2) is 10.4. The molecule has 0 amide bonds. The lowest BCUT2D eigenvalue weighted by atomic mass is 10.1. The van der Waals surface area contributed by atoms with Crippen molar-refractivity contribution in [1.29, 1.82) is 0 Å². The van der Waals surface area contributed by atoms with Crippen molar-refractivity contribution in [2.75, 3.05) is 39.4 Å². The van der Waals surface area contributed by atoms with Crippen LogP contribution in [0.2, 0.25) is 0 Å². The Morgan fingerprint density at radius 2 is 2.14 bits per heavy atom. The average Bonchev–Trinajstić information content (AvgIpc) is 3.17. The highest BCUT2D eigenvalue weighted by molar-refractivity contribution is 5.88. The lowest BCUT2D eigenvalue weighted by Gasteiger charge is -2.41. The van der Waals surface area contributed by atoms with E-state index in [1.54, 1.807) is 13.1 Å². The molecule has 0 radical (unpaired) electrons. The van der Waals surface area contributed by atoms with Crippen molar-refractivity contribution in [1.82, 2.24) is 20.0 Å². The Bertz CT molecular complexity index is 734. The summed E-state index contributed by atoms with van der Waals surface area (Å²) in [6, 6.07) is 10.8. The van der Waals surface area contributed by atoms with E-state index in [1.165, 1.54) is 5.56 Å². The number of aliphatic hydroxyl groups is 1. The van der Waals surface area contributed by atoms with Crippen LogP contribution in [0.4, 0.5) is 0 Å². The van der Waals surface area contributed by atoms with E-state index in [0.29, 0.717) is 24.9 Å². The number of nitrogens with one attached hydrogen (secondary N) is 1. The molecule has 1 atom stereocenters. The third kappa shape index (κ3) is 5.41. The van der Waals surface area contributed by atoms with Crippen LogP contribution in [0, 0.1) is 0 Å². The van der Waals surface area contributed by atoms with Crippen molar-refractivity contribution in [2.45, 2.75) is 32.4 Å². The number of aliphatic hydroxyl groups excluding tert-OH is 1. The van der Waals surface area contributed by atoms with Crippen molar-refractivity contribution >= 4 is 5.97 Å². The molecule has 7 nitrogen and oxygen atoms in total. The summed E-state index contributed by atoms with van der Waals surface area (Å²) in [6.45, 7) is 6.69. The summed E-state index contributed by atoms with van der Waals surface area (Å²) in [7, 11) is 0. The molecular weight excluding hydrogens is 356 g/mol. The molecule has 1 saturated heterocycles. The second-order valence-corrected chi connectivity index (χ2v) is 7.16. The number of hydrogen-bond acceptors (Lipinski definition) is 6. The smallest absolute Gasteiger partial charge is 0.356 e. The van der Waals surface area contributed by atoms with E-state index in [1.807, 2.05) is 6.07 Å². The number of rotatable bonds is 9. The van der Waals surface area contributed by atoms with Gasteiger partial charge in [-0.15, -0.1) is 0 Å². The molecule has 2 N–H and O–H groups in total. The standard InChI is InChI=1S/C21H30N4O3/c1-2-28-21(27)20-18(14-22-23-20)15-24-11-12-25(19(16-24)9-13-26)10-8-17-6-4-3-5-7-17/h3-7,14,19,26H,2,8-13,15-16H2,1H3,(H,22,23)/t19-/m0/s1. The number of esters is 1. The summed E-state index contributed by atoms with van der Waals surface area (Å²) in [5.41, 5.74) is 2.64. The number of H-pyrrole nitrogens is 1. The highest BCUT2D eigenvalue weighted by atomic mass is 16.5. The maximum atomic E-state index is 12.1. The molecule has 0 saturated carbocycles. The van der Waals surface area contributed by atoms with Crippen LogP contribution in [0.1, 0.15) is 35.0 Å². The van der Waals surface area contributed by atoms with Gasteiger partial charge >= 0.3 is 5.97 Å². The van der Waals surface area contributed by atoms with Crippen LogP contribution >= 0.6 is 0 Å². The zero-order valence-electron chi connectivity index (χ0n) is 16.5. The molecule has 2 aromatic rings. The minimum atomic E-state index is -0.358. The lowest BCUT2D eigenvalue weighted by Crippen LogP contribution is -2.53. The van der Waals surface area contributed by atoms with Crippen LogP contribution in [0.5, 0.6) is 0 Å². The maximum Gasteiger partial charge on any atom is 0.356 e. The number of nitrogens with zero attached hydrogens (tertiary/aromatic N) is 3. The molecule has 1 aliphatic rings. The molecule has 2 heterocycles. The number of ether oxygens (including phenoxy) is 1. The molecule has 28 heavy (non-hydrogen) atoms. The number of aromatic amines is 1. The molecule has 1 aliphatic heterocycles. The summed E-state index contributed by atoms with van der Waals surface area (Å²) in [5, 5.41) is 16.3. The Morgan fingerprint density at radius 1 is 1.32 bits per heavy atom. The zero-order chi connectivity index (χ0) is 19.8. The van der Waals surface area contributed by atoms with E-state index < -0.39 is 0 Å². The zero-order valence-corrected chi connectivity index (χ0v) is 16.5. The molecule has 0 unspecified atom stereocenters. The van der Waals surface area contributed by atoms with E-state index in [2.05, 4.69) is 44.3 Å². The molecule has 3 rings (SSSR count). The minimum Gasteiger partial charge on any atom is -0.461 e. The van der Waals surface area contributed by atoms with E-state index >= 15 is 0 Å². The van der Waals surface area contributed by atoms with Gasteiger partial charge in [-0.25, -0.2) is 4.79 Å². The summed E-state index contributed by atoms with van der Waals surface area (Å²) in [5.74, 6) is -0.358. The van der Waals surface area contributed by atoms with Crippen molar-refractivity contribution in [3.63, 3.8) is 0 Å². The first-order chi connectivity index (χ1) is 13.7. The topological polar surface area (TPSA) is 81.7 Å². The van der Waals surface area contributed by atoms with Gasteiger partial charge in [-0.05, 0) is 25.3 Å². The SMILES string of the molecule is CCOC(=O)c1[nH]ncc1CN1CCN(CCc2ccccc2)[C@@H](CCO)C1. The number of hydrogen-bond donors (Lipinski definition) is 2. The molecule has 1 aromatic heterocycles. The fraction of sp³-hybridized carbons (Fsp3) is 0.524.